The number of para-hydroxylation sites is 2. The van der Waals surface area contributed by atoms with Gasteiger partial charge in [0.25, 0.3) is 0 Å². The largest absolute Gasteiger partial charge is 0.494 e. The summed E-state index contributed by atoms with van der Waals surface area (Å²) >= 11 is 0. The molecule has 3 heterocycles. The van der Waals surface area contributed by atoms with Gasteiger partial charge in [0.2, 0.25) is 0 Å². The molecule has 1 fully saturated rings. The molecule has 1 atom stereocenters. The predicted molar refractivity (Wildman–Crippen MR) is 103 cm³/mol. The van der Waals surface area contributed by atoms with E-state index in [1.807, 2.05) is 35.1 Å². The second kappa shape index (κ2) is 7.56. The molecule has 0 spiro atoms. The predicted octanol–water partition coefficient (Wildman–Crippen LogP) is 4.33. The van der Waals surface area contributed by atoms with Crippen molar-refractivity contribution in [1.29, 1.82) is 0 Å². The lowest BCUT2D eigenvalue weighted by atomic mass is 10.1. The summed E-state index contributed by atoms with van der Waals surface area (Å²) in [5, 5.41) is 8.87. The fourth-order valence-electron chi connectivity index (χ4n) is 3.71. The minimum Gasteiger partial charge on any atom is -0.494 e. The Labute approximate surface area is 159 Å². The number of methoxy groups -OCH3 is 1. The van der Waals surface area contributed by atoms with Crippen molar-refractivity contribution >= 4 is 0 Å². The molecule has 0 saturated carbocycles. The van der Waals surface area contributed by atoms with E-state index >= 15 is 0 Å². The van der Waals surface area contributed by atoms with Crippen LogP contribution in [0.2, 0.25) is 0 Å². The molecule has 1 aliphatic rings. The van der Waals surface area contributed by atoms with Gasteiger partial charge in [0.15, 0.2) is 0 Å². The Hall–Kier alpha value is -2.60. The molecule has 6 heteroatoms. The lowest BCUT2D eigenvalue weighted by molar-refractivity contribution is 0.236. The highest BCUT2D eigenvalue weighted by Gasteiger charge is 2.29. The fourth-order valence-corrected chi connectivity index (χ4v) is 3.71. The maximum absolute atomic E-state index is 5.52. The van der Waals surface area contributed by atoms with Crippen LogP contribution in [0.1, 0.15) is 55.7 Å². The number of aromatic nitrogens is 3. The smallest absolute Gasteiger partial charge is 0.144 e. The number of benzene rings is 1. The summed E-state index contributed by atoms with van der Waals surface area (Å²) in [5.74, 6) is 2.14. The summed E-state index contributed by atoms with van der Waals surface area (Å²) in [6.07, 6.45) is 6.31. The fraction of sp³-hybridized carbons (Fsp3) is 0.429. The van der Waals surface area contributed by atoms with Gasteiger partial charge in [-0.25, -0.2) is 4.68 Å². The van der Waals surface area contributed by atoms with E-state index in [0.717, 1.165) is 42.4 Å². The van der Waals surface area contributed by atoms with Crippen molar-refractivity contribution in [3.05, 3.63) is 59.7 Å². The molecule has 3 aromatic rings. The van der Waals surface area contributed by atoms with Crippen molar-refractivity contribution in [3.63, 3.8) is 0 Å². The van der Waals surface area contributed by atoms with Crippen molar-refractivity contribution in [1.82, 2.24) is 19.8 Å². The first-order valence-electron chi connectivity index (χ1n) is 9.53. The zero-order valence-electron chi connectivity index (χ0n) is 16.1. The van der Waals surface area contributed by atoms with Gasteiger partial charge in [-0.05, 0) is 31.5 Å². The number of likely N-dealkylation sites (tertiary alicyclic amines) is 1. The highest BCUT2D eigenvalue weighted by atomic mass is 16.5. The molecular formula is C21H26N4O2. The van der Waals surface area contributed by atoms with Crippen LogP contribution in [0, 0.1) is 0 Å². The molecule has 0 aliphatic carbocycles. The minimum atomic E-state index is 0.316. The summed E-state index contributed by atoms with van der Waals surface area (Å²) < 4.78 is 12.8. The number of hydrogen-bond acceptors (Lipinski definition) is 5. The van der Waals surface area contributed by atoms with Crippen molar-refractivity contribution in [2.45, 2.75) is 45.2 Å². The Morgan fingerprint density at radius 3 is 2.93 bits per heavy atom. The topological polar surface area (TPSA) is 56.3 Å². The summed E-state index contributed by atoms with van der Waals surface area (Å²) in [6.45, 7) is 6.17. The quantitative estimate of drug-likeness (QED) is 0.650. The van der Waals surface area contributed by atoms with Gasteiger partial charge in [0, 0.05) is 30.3 Å². The molecular weight excluding hydrogens is 340 g/mol. The van der Waals surface area contributed by atoms with Crippen LogP contribution in [-0.2, 0) is 6.54 Å². The maximum atomic E-state index is 5.52. The first-order chi connectivity index (χ1) is 13.2. The van der Waals surface area contributed by atoms with Gasteiger partial charge < -0.3 is 9.26 Å². The molecule has 0 amide bonds. The van der Waals surface area contributed by atoms with Crippen LogP contribution in [0.3, 0.4) is 0 Å². The second-order valence-electron chi connectivity index (χ2n) is 7.40. The third kappa shape index (κ3) is 3.62. The molecule has 6 nitrogen and oxygen atoms in total. The van der Waals surface area contributed by atoms with Crippen LogP contribution in [0.25, 0.3) is 5.69 Å². The molecule has 1 saturated heterocycles. The first kappa shape index (κ1) is 17.8. The number of hydrogen-bond donors (Lipinski definition) is 0. The normalized spacial score (nSPS) is 17.7. The third-order valence-corrected chi connectivity index (χ3v) is 5.17. The van der Waals surface area contributed by atoms with Crippen LogP contribution in [0.5, 0.6) is 5.75 Å². The van der Waals surface area contributed by atoms with E-state index in [1.165, 1.54) is 12.0 Å². The van der Waals surface area contributed by atoms with E-state index in [-0.39, 0.29) is 0 Å². The van der Waals surface area contributed by atoms with E-state index in [1.54, 1.807) is 7.11 Å². The number of ether oxygens (including phenoxy) is 1. The summed E-state index contributed by atoms with van der Waals surface area (Å²) in [7, 11) is 1.68. The molecule has 0 N–H and O–H groups in total. The van der Waals surface area contributed by atoms with Gasteiger partial charge in [-0.15, -0.1) is 0 Å². The first-order valence-corrected chi connectivity index (χ1v) is 9.53. The average Bonchev–Trinajstić information content (AvgIpc) is 3.42. The van der Waals surface area contributed by atoms with Crippen LogP contribution in [0.4, 0.5) is 0 Å². The number of rotatable bonds is 6. The van der Waals surface area contributed by atoms with Crippen molar-refractivity contribution in [2.24, 2.45) is 0 Å². The molecule has 2 aromatic heterocycles. The zero-order valence-corrected chi connectivity index (χ0v) is 16.1. The lowest BCUT2D eigenvalue weighted by Crippen LogP contribution is -2.22. The minimum absolute atomic E-state index is 0.316. The number of nitrogens with zero attached hydrogens (tertiary/aromatic N) is 4. The third-order valence-electron chi connectivity index (χ3n) is 5.17. The molecule has 27 heavy (non-hydrogen) atoms. The highest BCUT2D eigenvalue weighted by molar-refractivity contribution is 5.46. The van der Waals surface area contributed by atoms with Gasteiger partial charge in [0.05, 0.1) is 19.3 Å². The second-order valence-corrected chi connectivity index (χ2v) is 7.40. The van der Waals surface area contributed by atoms with Crippen molar-refractivity contribution < 1.29 is 9.26 Å². The Bertz CT molecular complexity index is 899. The molecule has 0 radical (unpaired) electrons. The summed E-state index contributed by atoms with van der Waals surface area (Å²) in [6, 6.07) is 10.3. The Kier molecular flexibility index (Phi) is 4.99. The van der Waals surface area contributed by atoms with E-state index in [2.05, 4.69) is 41.3 Å². The lowest BCUT2D eigenvalue weighted by Gasteiger charge is -2.21. The van der Waals surface area contributed by atoms with Crippen molar-refractivity contribution in [3.8, 4) is 11.4 Å². The van der Waals surface area contributed by atoms with Crippen LogP contribution in [-0.4, -0.2) is 33.5 Å². The van der Waals surface area contributed by atoms with E-state index in [9.17, 15) is 0 Å². The van der Waals surface area contributed by atoms with Gasteiger partial charge in [0.1, 0.15) is 22.9 Å². The average molecular weight is 366 g/mol. The Morgan fingerprint density at radius 2 is 2.15 bits per heavy atom. The molecule has 0 bridgehead atoms. The highest BCUT2D eigenvalue weighted by Crippen LogP contribution is 2.34. The summed E-state index contributed by atoms with van der Waals surface area (Å²) in [5.41, 5.74) is 3.18. The molecule has 142 valence electrons. The van der Waals surface area contributed by atoms with Crippen LogP contribution in [0.15, 0.2) is 47.2 Å². The molecule has 4 rings (SSSR count). The van der Waals surface area contributed by atoms with E-state index in [4.69, 9.17) is 9.26 Å². The standard InChI is InChI=1S/C21H26N4O2/c1-15(2)21-11-17(23-27-21)18-8-6-10-24(18)13-16-12-22-25(14-16)19-7-4-5-9-20(19)26-3/h4-5,7,9,11-12,14-15,18H,6,8,10,13H2,1-3H3/t18-/m0/s1. The Morgan fingerprint density at radius 1 is 1.30 bits per heavy atom. The zero-order chi connectivity index (χ0) is 18.8. The maximum Gasteiger partial charge on any atom is 0.144 e. The van der Waals surface area contributed by atoms with Gasteiger partial charge in [-0.2, -0.15) is 5.10 Å². The Balaban J connectivity index is 1.51. The molecule has 1 aliphatic heterocycles. The molecule has 0 unspecified atom stereocenters. The molecule has 1 aromatic carbocycles. The van der Waals surface area contributed by atoms with Gasteiger partial charge in [-0.3, -0.25) is 4.90 Å². The van der Waals surface area contributed by atoms with Crippen molar-refractivity contribution in [2.75, 3.05) is 13.7 Å². The SMILES string of the molecule is COc1ccccc1-n1cc(CN2CCC[C@H]2c2cc(C(C)C)on2)cn1. The van der Waals surface area contributed by atoms with E-state index in [0.29, 0.717) is 12.0 Å². The monoisotopic (exact) mass is 366 g/mol. The summed E-state index contributed by atoms with van der Waals surface area (Å²) in [4.78, 5) is 2.46. The van der Waals surface area contributed by atoms with E-state index < -0.39 is 0 Å². The van der Waals surface area contributed by atoms with Gasteiger partial charge in [-0.1, -0.05) is 31.1 Å². The van der Waals surface area contributed by atoms with Gasteiger partial charge >= 0.3 is 0 Å². The van der Waals surface area contributed by atoms with Crippen LogP contribution < -0.4 is 4.74 Å². The van der Waals surface area contributed by atoms with Crippen LogP contribution >= 0.6 is 0 Å².